The molecule has 37 heavy (non-hydrogen) atoms. The monoisotopic (exact) mass is 526 g/mol. The van der Waals surface area contributed by atoms with Crippen molar-refractivity contribution in [3.63, 3.8) is 0 Å². The van der Waals surface area contributed by atoms with E-state index < -0.39 is 23.4 Å². The van der Waals surface area contributed by atoms with Crippen molar-refractivity contribution in [2.45, 2.75) is 38.9 Å². The zero-order valence-electron chi connectivity index (χ0n) is 20.5. The molecule has 0 unspecified atom stereocenters. The highest BCUT2D eigenvalue weighted by Crippen LogP contribution is 2.47. The molecule has 3 heterocycles. The van der Waals surface area contributed by atoms with Gasteiger partial charge in [-0.15, -0.1) is 0 Å². The van der Waals surface area contributed by atoms with Crippen LogP contribution in [0.1, 0.15) is 20.8 Å². The number of carbonyl (C=O) groups is 2. The third-order valence-corrected chi connectivity index (χ3v) is 7.33. The third kappa shape index (κ3) is 3.71. The lowest BCUT2D eigenvalue weighted by Gasteiger charge is -2.51. The first-order valence-corrected chi connectivity index (χ1v) is 12.3. The van der Waals surface area contributed by atoms with Gasteiger partial charge in [0, 0.05) is 29.6 Å². The van der Waals surface area contributed by atoms with Gasteiger partial charge in [-0.3, -0.25) is 14.6 Å². The molecule has 0 saturated carbocycles. The molecule has 7 nitrogen and oxygen atoms in total. The number of hydrogen-bond acceptors (Lipinski definition) is 5. The van der Waals surface area contributed by atoms with E-state index in [1.807, 2.05) is 25.7 Å². The Kier molecular flexibility index (Phi) is 6.06. The van der Waals surface area contributed by atoms with Gasteiger partial charge in [-0.25, -0.2) is 8.78 Å². The Hall–Kier alpha value is -3.72. The summed E-state index contributed by atoms with van der Waals surface area (Å²) in [6.45, 7) is 9.60. The Balaban J connectivity index is 1.77. The topological polar surface area (TPSA) is 77.0 Å². The fourth-order valence-corrected chi connectivity index (χ4v) is 5.66. The normalized spacial score (nSPS) is 19.3. The van der Waals surface area contributed by atoms with E-state index in [1.54, 1.807) is 9.80 Å². The van der Waals surface area contributed by atoms with Gasteiger partial charge in [0.2, 0.25) is 5.91 Å². The van der Waals surface area contributed by atoms with Crippen LogP contribution in [-0.4, -0.2) is 58.0 Å². The van der Waals surface area contributed by atoms with Gasteiger partial charge in [-0.05, 0) is 45.0 Å². The maximum absolute atomic E-state index is 16.0. The van der Waals surface area contributed by atoms with Gasteiger partial charge in [0.25, 0.3) is 5.91 Å². The molecule has 2 atom stereocenters. The summed E-state index contributed by atoms with van der Waals surface area (Å²) in [4.78, 5) is 35.5. The van der Waals surface area contributed by atoms with Gasteiger partial charge in [0.1, 0.15) is 23.1 Å². The summed E-state index contributed by atoms with van der Waals surface area (Å²) in [7, 11) is 0. The Morgan fingerprint density at radius 2 is 2.00 bits per heavy atom. The van der Waals surface area contributed by atoms with Crippen LogP contribution in [0.4, 0.5) is 20.2 Å². The van der Waals surface area contributed by atoms with Crippen molar-refractivity contribution in [2.75, 3.05) is 22.9 Å². The predicted octanol–water partition coefficient (Wildman–Crippen LogP) is 4.89. The number of rotatable bonds is 3. The lowest BCUT2D eigenvalue weighted by Crippen LogP contribution is -2.66. The molecule has 10 heteroatoms. The molecular weight excluding hydrogens is 502 g/mol. The highest BCUT2D eigenvalue weighted by Gasteiger charge is 2.46. The summed E-state index contributed by atoms with van der Waals surface area (Å²) in [5.74, 6) is -2.64. The molecule has 3 aromatic rings. The summed E-state index contributed by atoms with van der Waals surface area (Å²) in [6, 6.07) is 3.95. The maximum Gasteiger partial charge on any atom is 0.251 e. The minimum atomic E-state index is -0.885. The number of phenolic OH excluding ortho intramolecular Hbond substituents is 1. The van der Waals surface area contributed by atoms with E-state index in [0.717, 1.165) is 6.07 Å². The van der Waals surface area contributed by atoms with Crippen molar-refractivity contribution in [1.29, 1.82) is 0 Å². The highest BCUT2D eigenvalue weighted by atomic mass is 35.5. The predicted molar refractivity (Wildman–Crippen MR) is 139 cm³/mol. The standard InChI is InChI=1S/C27H25ClF2N4O3/c1-5-21(36)32-12-19-27(37)34(13(2)3)18-10-31-25-15(26(18)33(19)11-14(32)4)9-16(28)22(24(25)30)23-17(29)7-6-8-20(23)35/h5-10,13-14,19,35H,1,11-12H2,2-4H3/t14-,19-/m1/s1. The number of pyridine rings is 1. The van der Waals surface area contributed by atoms with Crippen LogP contribution in [0.15, 0.2) is 43.1 Å². The quantitative estimate of drug-likeness (QED) is 0.492. The number of aromatic nitrogens is 1. The second-order valence-electron chi connectivity index (χ2n) is 9.58. The second-order valence-corrected chi connectivity index (χ2v) is 9.99. The zero-order chi connectivity index (χ0) is 26.8. The molecule has 0 bridgehead atoms. The number of phenols is 1. The molecule has 1 N–H and O–H groups in total. The van der Waals surface area contributed by atoms with Crippen molar-refractivity contribution in [1.82, 2.24) is 9.88 Å². The SMILES string of the molecule is C=CC(=O)N1C[C@@H]2C(=O)N(C(C)C)c3cnc4c(F)c(-c5c(O)cccc5F)c(Cl)cc4c3N2C[C@H]1C. The lowest BCUT2D eigenvalue weighted by atomic mass is 9.95. The Bertz CT molecular complexity index is 1460. The van der Waals surface area contributed by atoms with Gasteiger partial charge >= 0.3 is 0 Å². The number of benzene rings is 2. The molecular formula is C27H25ClF2N4O3. The van der Waals surface area contributed by atoms with E-state index in [2.05, 4.69) is 11.6 Å². The molecule has 2 aliphatic heterocycles. The van der Waals surface area contributed by atoms with E-state index >= 15 is 4.39 Å². The van der Waals surface area contributed by atoms with Crippen LogP contribution in [0.5, 0.6) is 5.75 Å². The molecule has 1 saturated heterocycles. The van der Waals surface area contributed by atoms with Gasteiger partial charge in [-0.1, -0.05) is 24.2 Å². The summed E-state index contributed by atoms with van der Waals surface area (Å²) in [6.07, 6.45) is 2.65. The highest BCUT2D eigenvalue weighted by molar-refractivity contribution is 6.34. The first-order valence-electron chi connectivity index (χ1n) is 11.9. The minimum Gasteiger partial charge on any atom is -0.507 e. The Morgan fingerprint density at radius 1 is 1.27 bits per heavy atom. The molecule has 0 aliphatic carbocycles. The molecule has 5 rings (SSSR count). The van der Waals surface area contributed by atoms with Crippen LogP contribution in [0, 0.1) is 11.6 Å². The van der Waals surface area contributed by atoms with Gasteiger partial charge < -0.3 is 19.8 Å². The van der Waals surface area contributed by atoms with E-state index in [0.29, 0.717) is 23.3 Å². The number of aromatic hydroxyl groups is 1. The fraction of sp³-hybridized carbons (Fsp3) is 0.296. The number of amides is 2. The number of carbonyl (C=O) groups excluding carboxylic acids is 2. The summed E-state index contributed by atoms with van der Waals surface area (Å²) < 4.78 is 30.7. The van der Waals surface area contributed by atoms with Crippen LogP contribution in [0.3, 0.4) is 0 Å². The van der Waals surface area contributed by atoms with Crippen molar-refractivity contribution in [3.05, 3.63) is 59.8 Å². The first-order chi connectivity index (χ1) is 17.6. The minimum absolute atomic E-state index is 0.0742. The Labute approximate surface area is 217 Å². The van der Waals surface area contributed by atoms with Gasteiger partial charge in [-0.2, -0.15) is 0 Å². The molecule has 2 aliphatic rings. The molecule has 0 spiro atoms. The second kappa shape index (κ2) is 8.99. The third-order valence-electron chi connectivity index (χ3n) is 7.03. The zero-order valence-corrected chi connectivity index (χ0v) is 21.3. The van der Waals surface area contributed by atoms with E-state index in [4.69, 9.17) is 11.6 Å². The molecule has 1 aromatic heterocycles. The largest absolute Gasteiger partial charge is 0.507 e. The molecule has 1 fully saturated rings. The summed E-state index contributed by atoms with van der Waals surface area (Å²) >= 11 is 6.54. The number of anilines is 2. The summed E-state index contributed by atoms with van der Waals surface area (Å²) in [5, 5.41) is 10.5. The Morgan fingerprint density at radius 3 is 2.65 bits per heavy atom. The molecule has 2 amide bonds. The van der Waals surface area contributed by atoms with Crippen molar-refractivity contribution in [2.24, 2.45) is 0 Å². The molecule has 192 valence electrons. The first kappa shape index (κ1) is 25.0. The number of fused-ring (bicyclic) bond motifs is 5. The average molecular weight is 527 g/mol. The van der Waals surface area contributed by atoms with Gasteiger partial charge in [0.15, 0.2) is 5.82 Å². The van der Waals surface area contributed by atoms with Crippen LogP contribution < -0.4 is 9.80 Å². The number of piperazine rings is 1. The maximum atomic E-state index is 16.0. The smallest absolute Gasteiger partial charge is 0.251 e. The van der Waals surface area contributed by atoms with Crippen molar-refractivity contribution >= 4 is 45.7 Å². The van der Waals surface area contributed by atoms with Crippen LogP contribution in [-0.2, 0) is 9.59 Å². The van der Waals surface area contributed by atoms with E-state index in [-0.39, 0.29) is 52.1 Å². The average Bonchev–Trinajstić information content (AvgIpc) is 2.84. The number of hydrogen-bond donors (Lipinski definition) is 1. The number of nitrogens with zero attached hydrogens (tertiary/aromatic N) is 4. The van der Waals surface area contributed by atoms with Crippen LogP contribution in [0.2, 0.25) is 5.02 Å². The lowest BCUT2D eigenvalue weighted by molar-refractivity contribution is -0.130. The molecule has 2 aromatic carbocycles. The summed E-state index contributed by atoms with van der Waals surface area (Å²) in [5.41, 5.74) is 0.335. The van der Waals surface area contributed by atoms with Crippen LogP contribution >= 0.6 is 11.6 Å². The van der Waals surface area contributed by atoms with E-state index in [1.165, 1.54) is 30.5 Å². The van der Waals surface area contributed by atoms with Crippen molar-refractivity contribution < 1.29 is 23.5 Å². The van der Waals surface area contributed by atoms with E-state index in [9.17, 15) is 19.1 Å². The van der Waals surface area contributed by atoms with Crippen LogP contribution in [0.25, 0.3) is 22.0 Å². The number of halogens is 3. The van der Waals surface area contributed by atoms with Gasteiger partial charge in [0.05, 0.1) is 34.7 Å². The fourth-order valence-electron chi connectivity index (χ4n) is 5.38. The molecule has 0 radical (unpaired) electrons. The van der Waals surface area contributed by atoms with Crippen molar-refractivity contribution in [3.8, 4) is 16.9 Å².